The van der Waals surface area contributed by atoms with Crippen LogP contribution >= 0.6 is 0 Å². The zero-order chi connectivity index (χ0) is 25.5. The van der Waals surface area contributed by atoms with Crippen LogP contribution in [0.15, 0.2) is 72.8 Å². The maximum atomic E-state index is 13.1. The van der Waals surface area contributed by atoms with Gasteiger partial charge in [-0.2, -0.15) is 0 Å². The van der Waals surface area contributed by atoms with Gasteiger partial charge in [0, 0.05) is 25.7 Å². The van der Waals surface area contributed by atoms with Gasteiger partial charge in [-0.05, 0) is 42.0 Å². The standard InChI is InChI=1S/C28H30N4O4/c1-31(21-9-5-4-6-10-21)28(34)19-32-23-12-8-7-11-22(23)30-26(32)15-16-29-27(33)18-20-13-14-24(35-2)25(17-20)36-3/h4-14,17H,15-16,18-19H2,1-3H3,(H,29,33). The number of likely N-dealkylation sites (N-methyl/N-ethyl adjacent to an activating group) is 1. The average molecular weight is 487 g/mol. The van der Waals surface area contributed by atoms with Crippen molar-refractivity contribution in [3.05, 3.63) is 84.2 Å². The first-order chi connectivity index (χ1) is 17.5. The minimum Gasteiger partial charge on any atom is -0.493 e. The van der Waals surface area contributed by atoms with Crippen LogP contribution in [0.5, 0.6) is 11.5 Å². The van der Waals surface area contributed by atoms with Crippen LogP contribution in [-0.4, -0.2) is 49.2 Å². The molecule has 1 heterocycles. The molecule has 1 aromatic heterocycles. The maximum absolute atomic E-state index is 13.1. The summed E-state index contributed by atoms with van der Waals surface area (Å²) in [5, 5.41) is 2.96. The van der Waals surface area contributed by atoms with Crippen molar-refractivity contribution in [3.8, 4) is 11.5 Å². The smallest absolute Gasteiger partial charge is 0.246 e. The Bertz CT molecular complexity index is 1350. The summed E-state index contributed by atoms with van der Waals surface area (Å²) in [7, 11) is 4.91. The number of rotatable bonds is 10. The second kappa shape index (κ2) is 11.4. The van der Waals surface area contributed by atoms with Gasteiger partial charge in [0.25, 0.3) is 0 Å². The topological polar surface area (TPSA) is 85.7 Å². The number of imidazole rings is 1. The normalized spacial score (nSPS) is 10.8. The number of aromatic nitrogens is 2. The highest BCUT2D eigenvalue weighted by atomic mass is 16.5. The van der Waals surface area contributed by atoms with Crippen molar-refractivity contribution in [2.45, 2.75) is 19.4 Å². The number of ether oxygens (including phenoxy) is 2. The third kappa shape index (κ3) is 5.66. The van der Waals surface area contributed by atoms with Crippen molar-refractivity contribution in [2.24, 2.45) is 0 Å². The van der Waals surface area contributed by atoms with Crippen LogP contribution < -0.4 is 19.7 Å². The van der Waals surface area contributed by atoms with Crippen LogP contribution in [0, 0.1) is 0 Å². The van der Waals surface area contributed by atoms with E-state index in [4.69, 9.17) is 14.5 Å². The minimum atomic E-state index is -0.107. The molecular weight excluding hydrogens is 456 g/mol. The van der Waals surface area contributed by atoms with Crippen molar-refractivity contribution in [1.29, 1.82) is 0 Å². The minimum absolute atomic E-state index is 0.0527. The van der Waals surface area contributed by atoms with E-state index in [1.54, 1.807) is 38.3 Å². The highest BCUT2D eigenvalue weighted by Gasteiger charge is 2.17. The number of hydrogen-bond acceptors (Lipinski definition) is 5. The van der Waals surface area contributed by atoms with Crippen molar-refractivity contribution >= 4 is 28.5 Å². The second-order valence-electron chi connectivity index (χ2n) is 8.36. The summed E-state index contributed by atoms with van der Waals surface area (Å²) < 4.78 is 12.5. The number of carbonyl (C=O) groups excluding carboxylic acids is 2. The number of fused-ring (bicyclic) bond motifs is 1. The number of anilines is 1. The molecule has 0 unspecified atom stereocenters. The van der Waals surface area contributed by atoms with Gasteiger partial charge in [0.15, 0.2) is 11.5 Å². The second-order valence-corrected chi connectivity index (χ2v) is 8.36. The molecule has 0 saturated carbocycles. The molecule has 0 saturated heterocycles. The van der Waals surface area contributed by atoms with Crippen LogP contribution in [0.1, 0.15) is 11.4 Å². The Morgan fingerprint density at radius 2 is 1.67 bits per heavy atom. The Hall–Kier alpha value is -4.33. The van der Waals surface area contributed by atoms with Gasteiger partial charge in [0.1, 0.15) is 12.4 Å². The van der Waals surface area contributed by atoms with E-state index in [1.807, 2.05) is 65.2 Å². The molecule has 8 nitrogen and oxygen atoms in total. The lowest BCUT2D eigenvalue weighted by Gasteiger charge is -2.19. The lowest BCUT2D eigenvalue weighted by Crippen LogP contribution is -2.31. The molecule has 0 atom stereocenters. The lowest BCUT2D eigenvalue weighted by atomic mass is 10.1. The zero-order valence-electron chi connectivity index (χ0n) is 20.7. The number of nitrogens with zero attached hydrogens (tertiary/aromatic N) is 3. The van der Waals surface area contributed by atoms with Crippen LogP contribution in [0.25, 0.3) is 11.0 Å². The molecule has 2 amide bonds. The summed E-state index contributed by atoms with van der Waals surface area (Å²) in [4.78, 5) is 32.0. The van der Waals surface area contributed by atoms with Crippen molar-refractivity contribution in [1.82, 2.24) is 14.9 Å². The SMILES string of the molecule is COc1ccc(CC(=O)NCCc2nc3ccccc3n2CC(=O)N(C)c2ccccc2)cc1OC. The molecule has 0 spiro atoms. The molecule has 4 aromatic rings. The molecule has 3 aromatic carbocycles. The molecule has 4 rings (SSSR count). The number of benzene rings is 3. The maximum Gasteiger partial charge on any atom is 0.246 e. The molecule has 8 heteroatoms. The molecular formula is C28H30N4O4. The third-order valence-electron chi connectivity index (χ3n) is 6.03. The first-order valence-electron chi connectivity index (χ1n) is 11.7. The predicted molar refractivity (Wildman–Crippen MR) is 140 cm³/mol. The van der Waals surface area contributed by atoms with Crippen LogP contribution in [0.4, 0.5) is 5.69 Å². The number of nitrogens with one attached hydrogen (secondary N) is 1. The monoisotopic (exact) mass is 486 g/mol. The summed E-state index contributed by atoms with van der Waals surface area (Å²) in [6.45, 7) is 0.555. The summed E-state index contributed by atoms with van der Waals surface area (Å²) in [6, 6.07) is 22.7. The third-order valence-corrected chi connectivity index (χ3v) is 6.03. The van der Waals surface area contributed by atoms with Gasteiger partial charge in [-0.25, -0.2) is 4.98 Å². The van der Waals surface area contributed by atoms with Crippen LogP contribution in [0.3, 0.4) is 0 Å². The molecule has 36 heavy (non-hydrogen) atoms. The number of hydrogen-bond donors (Lipinski definition) is 1. The van der Waals surface area contributed by atoms with Gasteiger partial charge in [0.05, 0.1) is 31.7 Å². The van der Waals surface area contributed by atoms with Gasteiger partial charge in [-0.3, -0.25) is 9.59 Å². The fraction of sp³-hybridized carbons (Fsp3) is 0.250. The Balaban J connectivity index is 1.42. The van der Waals surface area contributed by atoms with Gasteiger partial charge in [-0.1, -0.05) is 36.4 Å². The van der Waals surface area contributed by atoms with E-state index in [2.05, 4.69) is 5.32 Å². The highest BCUT2D eigenvalue weighted by molar-refractivity contribution is 5.93. The summed E-state index contributed by atoms with van der Waals surface area (Å²) in [5.41, 5.74) is 3.36. The van der Waals surface area contributed by atoms with Gasteiger partial charge < -0.3 is 24.3 Å². The van der Waals surface area contributed by atoms with Gasteiger partial charge >= 0.3 is 0 Å². The van der Waals surface area contributed by atoms with Crippen molar-refractivity contribution < 1.29 is 19.1 Å². The summed E-state index contributed by atoms with van der Waals surface area (Å²) in [5.74, 6) is 1.79. The fourth-order valence-corrected chi connectivity index (χ4v) is 4.08. The van der Waals surface area contributed by atoms with E-state index in [1.165, 1.54) is 0 Å². The van der Waals surface area contributed by atoms with E-state index >= 15 is 0 Å². The summed E-state index contributed by atoms with van der Waals surface area (Å²) >= 11 is 0. The van der Waals surface area contributed by atoms with E-state index in [-0.39, 0.29) is 24.8 Å². The molecule has 0 aliphatic heterocycles. The molecule has 0 fully saturated rings. The predicted octanol–water partition coefficient (Wildman–Crippen LogP) is 3.62. The highest BCUT2D eigenvalue weighted by Crippen LogP contribution is 2.27. The van der Waals surface area contributed by atoms with Gasteiger partial charge in [-0.15, -0.1) is 0 Å². The van der Waals surface area contributed by atoms with Crippen LogP contribution in [-0.2, 0) is 29.0 Å². The molecule has 186 valence electrons. The number of methoxy groups -OCH3 is 2. The Labute approximate surface area is 210 Å². The molecule has 0 bridgehead atoms. The number of carbonyl (C=O) groups is 2. The van der Waals surface area contributed by atoms with E-state index in [0.29, 0.717) is 24.5 Å². The van der Waals surface area contributed by atoms with Crippen molar-refractivity contribution in [3.63, 3.8) is 0 Å². The Morgan fingerprint density at radius 1 is 0.944 bits per heavy atom. The first kappa shape index (κ1) is 24.8. The number of para-hydroxylation sites is 3. The lowest BCUT2D eigenvalue weighted by molar-refractivity contribution is -0.120. The quantitative estimate of drug-likeness (QED) is 0.370. The van der Waals surface area contributed by atoms with Gasteiger partial charge in [0.2, 0.25) is 11.8 Å². The van der Waals surface area contributed by atoms with E-state index < -0.39 is 0 Å². The van der Waals surface area contributed by atoms with Crippen LogP contribution in [0.2, 0.25) is 0 Å². The first-order valence-corrected chi connectivity index (χ1v) is 11.7. The van der Waals surface area contributed by atoms with Crippen molar-refractivity contribution in [2.75, 3.05) is 32.7 Å². The molecule has 0 aliphatic carbocycles. The average Bonchev–Trinajstić information content (AvgIpc) is 3.25. The number of amides is 2. The largest absolute Gasteiger partial charge is 0.493 e. The van der Waals surface area contributed by atoms with E-state index in [9.17, 15) is 9.59 Å². The Kier molecular flexibility index (Phi) is 7.85. The molecule has 0 radical (unpaired) electrons. The fourth-order valence-electron chi connectivity index (χ4n) is 4.08. The molecule has 1 N–H and O–H groups in total. The molecule has 0 aliphatic rings. The summed E-state index contributed by atoms with van der Waals surface area (Å²) in [6.07, 6.45) is 0.714. The Morgan fingerprint density at radius 3 is 2.42 bits per heavy atom. The van der Waals surface area contributed by atoms with E-state index in [0.717, 1.165) is 28.1 Å². The zero-order valence-corrected chi connectivity index (χ0v) is 20.7.